The van der Waals surface area contributed by atoms with E-state index >= 15 is 0 Å². The third-order valence-electron chi connectivity index (χ3n) is 3.03. The fourth-order valence-corrected chi connectivity index (χ4v) is 3.43. The number of non-ortho nitro benzene ring substituents is 1. The van der Waals surface area contributed by atoms with Gasteiger partial charge in [-0.1, -0.05) is 6.08 Å². The summed E-state index contributed by atoms with van der Waals surface area (Å²) in [6.45, 7) is 3.46. The number of carbonyl (C=O) groups is 1. The molecular formula is C15H21N3O6S. The number of benzene rings is 1. The molecule has 0 fully saturated rings. The molecule has 0 aliphatic heterocycles. The topological polar surface area (TPSA) is 133 Å². The molecule has 1 atom stereocenters. The predicted molar refractivity (Wildman–Crippen MR) is 91.3 cm³/mol. The fraction of sp³-hybridized carbons (Fsp3) is 0.400. The van der Waals surface area contributed by atoms with Crippen molar-refractivity contribution >= 4 is 21.7 Å². The maximum atomic E-state index is 12.7. The number of esters is 1. The van der Waals surface area contributed by atoms with Crippen LogP contribution in [0.5, 0.6) is 0 Å². The maximum Gasteiger partial charge on any atom is 0.330 e. The van der Waals surface area contributed by atoms with Gasteiger partial charge in [-0.15, -0.1) is 0 Å². The number of ether oxygens (including phenoxy) is 1. The van der Waals surface area contributed by atoms with Gasteiger partial charge in [-0.2, -0.15) is 4.31 Å². The third kappa shape index (κ3) is 6.25. The minimum atomic E-state index is -3.92. The van der Waals surface area contributed by atoms with Crippen LogP contribution in [-0.2, 0) is 19.6 Å². The van der Waals surface area contributed by atoms with Crippen LogP contribution in [0.1, 0.15) is 13.8 Å². The highest BCUT2D eigenvalue weighted by molar-refractivity contribution is 7.89. The van der Waals surface area contributed by atoms with Gasteiger partial charge in [0, 0.05) is 37.3 Å². The molecule has 0 aliphatic carbocycles. The minimum Gasteiger partial charge on any atom is -0.463 e. The summed E-state index contributed by atoms with van der Waals surface area (Å²) in [5.41, 5.74) is 5.49. The monoisotopic (exact) mass is 371 g/mol. The van der Waals surface area contributed by atoms with Gasteiger partial charge in [0.1, 0.15) is 0 Å². The molecule has 0 saturated carbocycles. The molecule has 0 radical (unpaired) electrons. The number of nitrogens with zero attached hydrogens (tertiary/aromatic N) is 2. The molecule has 25 heavy (non-hydrogen) atoms. The number of sulfonamides is 1. The molecule has 1 unspecified atom stereocenters. The molecule has 0 bridgehead atoms. The number of carbonyl (C=O) groups excluding carboxylic acids is 1. The standard InChI is InChI=1S/C15H21N3O6S/c1-3-24-15(19)5-4-10-17(11-12(2)16)25(22,23)14-8-6-13(7-9-14)18(20)21/h4-9,12H,3,10-11,16H2,1-2H3. The smallest absolute Gasteiger partial charge is 0.330 e. The van der Waals surface area contributed by atoms with Crippen LogP contribution >= 0.6 is 0 Å². The fourth-order valence-electron chi connectivity index (χ4n) is 1.94. The summed E-state index contributed by atoms with van der Waals surface area (Å²) in [6.07, 6.45) is 2.51. The van der Waals surface area contributed by atoms with Crippen molar-refractivity contribution in [1.29, 1.82) is 0 Å². The molecule has 0 heterocycles. The summed E-state index contributed by atoms with van der Waals surface area (Å²) in [5.74, 6) is -0.573. The van der Waals surface area contributed by atoms with E-state index in [1.807, 2.05) is 0 Å². The van der Waals surface area contributed by atoms with Gasteiger partial charge >= 0.3 is 5.97 Å². The molecule has 9 nitrogen and oxygen atoms in total. The largest absolute Gasteiger partial charge is 0.463 e. The zero-order chi connectivity index (χ0) is 19.0. The number of rotatable bonds is 9. The molecule has 138 valence electrons. The second kappa shape index (κ2) is 9.25. The van der Waals surface area contributed by atoms with Crippen molar-refractivity contribution in [3.8, 4) is 0 Å². The number of nitro groups is 1. The van der Waals surface area contributed by atoms with Gasteiger partial charge in [-0.25, -0.2) is 13.2 Å². The van der Waals surface area contributed by atoms with Gasteiger partial charge in [0.15, 0.2) is 0 Å². The Morgan fingerprint density at radius 3 is 2.48 bits per heavy atom. The van der Waals surface area contributed by atoms with E-state index < -0.39 is 27.0 Å². The zero-order valence-electron chi connectivity index (χ0n) is 14.0. The van der Waals surface area contributed by atoms with E-state index in [0.29, 0.717) is 0 Å². The summed E-state index contributed by atoms with van der Waals surface area (Å²) < 4.78 is 31.2. The van der Waals surface area contributed by atoms with Gasteiger partial charge in [0.25, 0.3) is 5.69 Å². The van der Waals surface area contributed by atoms with Crippen molar-refractivity contribution in [2.45, 2.75) is 24.8 Å². The third-order valence-corrected chi connectivity index (χ3v) is 4.87. The van der Waals surface area contributed by atoms with Crippen molar-refractivity contribution < 1.29 is 22.9 Å². The molecule has 1 aromatic carbocycles. The summed E-state index contributed by atoms with van der Waals surface area (Å²) in [5, 5.41) is 10.7. The maximum absolute atomic E-state index is 12.7. The Labute approximate surface area is 146 Å². The quantitative estimate of drug-likeness (QED) is 0.297. The summed E-state index contributed by atoms with van der Waals surface area (Å²) >= 11 is 0. The van der Waals surface area contributed by atoms with Crippen LogP contribution < -0.4 is 5.73 Å². The lowest BCUT2D eigenvalue weighted by molar-refractivity contribution is -0.384. The molecule has 10 heteroatoms. The van der Waals surface area contributed by atoms with Crippen LogP contribution in [0.15, 0.2) is 41.3 Å². The Hall–Kier alpha value is -2.30. The summed E-state index contributed by atoms with van der Waals surface area (Å²) in [6, 6.07) is 4.12. The highest BCUT2D eigenvalue weighted by Crippen LogP contribution is 2.19. The molecule has 0 aliphatic rings. The Balaban J connectivity index is 3.02. The minimum absolute atomic E-state index is 0.0203. The number of nitro benzene ring substituents is 1. The van der Waals surface area contributed by atoms with Crippen LogP contribution in [0, 0.1) is 10.1 Å². The first kappa shape index (κ1) is 20.7. The van der Waals surface area contributed by atoms with Gasteiger partial charge in [-0.3, -0.25) is 10.1 Å². The average molecular weight is 371 g/mol. The Kier molecular flexibility index (Phi) is 7.68. The van der Waals surface area contributed by atoms with E-state index in [4.69, 9.17) is 10.5 Å². The van der Waals surface area contributed by atoms with Crippen molar-refractivity contribution in [3.05, 3.63) is 46.5 Å². The first-order valence-corrected chi connectivity index (χ1v) is 8.96. The van der Waals surface area contributed by atoms with Crippen molar-refractivity contribution in [2.24, 2.45) is 5.73 Å². The van der Waals surface area contributed by atoms with E-state index in [2.05, 4.69) is 0 Å². The van der Waals surface area contributed by atoms with E-state index in [1.54, 1.807) is 13.8 Å². The molecule has 0 amide bonds. The Morgan fingerprint density at radius 2 is 2.00 bits per heavy atom. The van der Waals surface area contributed by atoms with E-state index in [-0.39, 0.29) is 30.3 Å². The number of hydrogen-bond donors (Lipinski definition) is 1. The number of hydrogen-bond acceptors (Lipinski definition) is 7. The van der Waals surface area contributed by atoms with Crippen LogP contribution in [-0.4, -0.2) is 49.4 Å². The summed E-state index contributed by atoms with van der Waals surface area (Å²) in [4.78, 5) is 21.3. The lowest BCUT2D eigenvalue weighted by atomic mass is 10.3. The molecule has 0 aromatic heterocycles. The molecule has 0 saturated heterocycles. The summed E-state index contributed by atoms with van der Waals surface area (Å²) in [7, 11) is -3.92. The highest BCUT2D eigenvalue weighted by Gasteiger charge is 2.25. The van der Waals surface area contributed by atoms with E-state index in [0.717, 1.165) is 34.6 Å². The van der Waals surface area contributed by atoms with E-state index in [9.17, 15) is 23.3 Å². The predicted octanol–water partition coefficient (Wildman–Crippen LogP) is 1.05. The first-order valence-electron chi connectivity index (χ1n) is 7.52. The van der Waals surface area contributed by atoms with Crippen LogP contribution in [0.25, 0.3) is 0 Å². The number of nitrogens with two attached hydrogens (primary N) is 1. The van der Waals surface area contributed by atoms with Crippen LogP contribution in [0.2, 0.25) is 0 Å². The average Bonchev–Trinajstić information content (AvgIpc) is 2.53. The van der Waals surface area contributed by atoms with Gasteiger partial charge in [0.2, 0.25) is 10.0 Å². The Morgan fingerprint density at radius 1 is 1.40 bits per heavy atom. The molecule has 2 N–H and O–H groups in total. The second-order valence-corrected chi connectivity index (χ2v) is 7.14. The van der Waals surface area contributed by atoms with Gasteiger partial charge in [-0.05, 0) is 26.0 Å². The zero-order valence-corrected chi connectivity index (χ0v) is 14.8. The molecule has 1 aromatic rings. The molecule has 0 spiro atoms. The normalized spacial score (nSPS) is 13.1. The van der Waals surface area contributed by atoms with Crippen molar-refractivity contribution in [2.75, 3.05) is 19.7 Å². The first-order chi connectivity index (χ1) is 11.7. The highest BCUT2D eigenvalue weighted by atomic mass is 32.2. The van der Waals surface area contributed by atoms with Gasteiger partial charge in [0.05, 0.1) is 16.4 Å². The van der Waals surface area contributed by atoms with Gasteiger partial charge < -0.3 is 10.5 Å². The van der Waals surface area contributed by atoms with Crippen molar-refractivity contribution in [3.63, 3.8) is 0 Å². The lowest BCUT2D eigenvalue weighted by Crippen LogP contribution is -2.39. The SMILES string of the molecule is CCOC(=O)C=CCN(CC(C)N)S(=O)(=O)c1ccc([N+](=O)[O-])cc1. The van der Waals surface area contributed by atoms with Crippen LogP contribution in [0.3, 0.4) is 0 Å². The van der Waals surface area contributed by atoms with E-state index in [1.165, 1.54) is 6.08 Å². The van der Waals surface area contributed by atoms with Crippen LogP contribution in [0.4, 0.5) is 5.69 Å². The molecular weight excluding hydrogens is 350 g/mol. The molecule has 1 rings (SSSR count). The Bertz CT molecular complexity index is 728. The second-order valence-electron chi connectivity index (χ2n) is 5.20. The van der Waals surface area contributed by atoms with Crippen molar-refractivity contribution in [1.82, 2.24) is 4.31 Å². The lowest BCUT2D eigenvalue weighted by Gasteiger charge is -2.22.